The number of methoxy groups -OCH3 is 2. The average molecular weight is 350 g/mol. The van der Waals surface area contributed by atoms with Crippen LogP contribution >= 0.6 is 0 Å². The van der Waals surface area contributed by atoms with Crippen molar-refractivity contribution in [2.45, 2.75) is 46.1 Å². The van der Waals surface area contributed by atoms with Crippen LogP contribution in [0, 0.1) is 17.3 Å². The maximum Gasteiger partial charge on any atom is 0.333 e. The topological polar surface area (TPSA) is 78.9 Å². The highest BCUT2D eigenvalue weighted by Crippen LogP contribution is 2.54. The third kappa shape index (κ3) is 3.48. The second-order valence-corrected chi connectivity index (χ2v) is 6.92. The molecule has 0 aromatic heterocycles. The molecule has 4 atom stereocenters. The Balaban J connectivity index is 2.36. The van der Waals surface area contributed by atoms with Crippen molar-refractivity contribution in [3.8, 4) is 0 Å². The second kappa shape index (κ2) is 7.42. The summed E-state index contributed by atoms with van der Waals surface area (Å²) in [5, 5.41) is 0. The van der Waals surface area contributed by atoms with Crippen LogP contribution in [0.5, 0.6) is 0 Å². The van der Waals surface area contributed by atoms with Crippen molar-refractivity contribution in [2.75, 3.05) is 14.2 Å². The van der Waals surface area contributed by atoms with Gasteiger partial charge in [-0.25, -0.2) is 9.59 Å². The van der Waals surface area contributed by atoms with Crippen molar-refractivity contribution in [1.29, 1.82) is 0 Å². The molecule has 1 fully saturated rings. The quantitative estimate of drug-likeness (QED) is 0.440. The molecule has 0 saturated heterocycles. The molecule has 0 unspecified atom stereocenters. The van der Waals surface area contributed by atoms with Gasteiger partial charge in [-0.3, -0.25) is 4.79 Å². The summed E-state index contributed by atoms with van der Waals surface area (Å²) in [5.74, 6) is -1.77. The van der Waals surface area contributed by atoms with E-state index in [4.69, 9.17) is 14.2 Å². The van der Waals surface area contributed by atoms with Gasteiger partial charge in [-0.15, -0.1) is 0 Å². The molecule has 0 bridgehead atoms. The van der Waals surface area contributed by atoms with Gasteiger partial charge in [-0.2, -0.15) is 0 Å². The number of carbonyl (C=O) groups is 3. The Morgan fingerprint density at radius 3 is 2.44 bits per heavy atom. The van der Waals surface area contributed by atoms with Gasteiger partial charge in [0.15, 0.2) is 0 Å². The van der Waals surface area contributed by atoms with Crippen LogP contribution < -0.4 is 0 Å². The fourth-order valence-electron chi connectivity index (χ4n) is 4.01. The summed E-state index contributed by atoms with van der Waals surface area (Å²) in [7, 11) is 2.67. The van der Waals surface area contributed by atoms with Crippen molar-refractivity contribution in [1.82, 2.24) is 0 Å². The zero-order chi connectivity index (χ0) is 18.8. The van der Waals surface area contributed by atoms with Crippen molar-refractivity contribution < 1.29 is 28.6 Å². The number of allylic oxidation sites excluding steroid dienone is 2. The van der Waals surface area contributed by atoms with E-state index in [1.165, 1.54) is 14.2 Å². The van der Waals surface area contributed by atoms with Crippen LogP contribution in [0.3, 0.4) is 0 Å². The van der Waals surface area contributed by atoms with Crippen LogP contribution in [0.15, 0.2) is 23.3 Å². The Morgan fingerprint density at radius 2 is 1.88 bits per heavy atom. The zero-order valence-corrected chi connectivity index (χ0v) is 15.5. The molecule has 2 aliphatic carbocycles. The standard InChI is InChI=1S/C19H26O6/c1-6-11(2)16(20)25-14-8-7-13-9-12(17(21)23-4)10-19(13,3)15(14)18(22)24-5/h6,10,13-15H,7-9H2,1-5H3/b11-6-/t13-,14+,15-,19+/m1/s1. The molecule has 0 amide bonds. The van der Waals surface area contributed by atoms with Gasteiger partial charge >= 0.3 is 17.9 Å². The molecule has 25 heavy (non-hydrogen) atoms. The highest BCUT2D eigenvalue weighted by molar-refractivity contribution is 5.90. The van der Waals surface area contributed by atoms with Crippen molar-refractivity contribution in [2.24, 2.45) is 17.3 Å². The minimum absolute atomic E-state index is 0.114. The molecule has 1 saturated carbocycles. The van der Waals surface area contributed by atoms with E-state index < -0.39 is 29.4 Å². The molecule has 0 radical (unpaired) electrons. The lowest BCUT2D eigenvalue weighted by Crippen LogP contribution is -2.49. The summed E-state index contributed by atoms with van der Waals surface area (Å²) in [6.45, 7) is 5.36. The van der Waals surface area contributed by atoms with Gasteiger partial charge in [-0.05, 0) is 39.0 Å². The summed E-state index contributed by atoms with van der Waals surface area (Å²) < 4.78 is 15.4. The van der Waals surface area contributed by atoms with Gasteiger partial charge in [0.05, 0.1) is 14.2 Å². The van der Waals surface area contributed by atoms with Gasteiger partial charge in [0.25, 0.3) is 0 Å². The molecule has 0 aromatic carbocycles. The average Bonchev–Trinajstić information content (AvgIpc) is 2.96. The molecule has 6 nitrogen and oxygen atoms in total. The third-order valence-corrected chi connectivity index (χ3v) is 5.59. The van der Waals surface area contributed by atoms with Crippen LogP contribution in [-0.4, -0.2) is 38.2 Å². The Bertz CT molecular complexity index is 632. The number of hydrogen-bond donors (Lipinski definition) is 0. The number of fused-ring (bicyclic) bond motifs is 1. The summed E-state index contributed by atoms with van der Waals surface area (Å²) in [6.07, 6.45) is 4.79. The predicted octanol–water partition coefficient (Wildman–Crippen LogP) is 2.57. The lowest BCUT2D eigenvalue weighted by molar-refractivity contribution is -0.170. The van der Waals surface area contributed by atoms with Crippen molar-refractivity contribution >= 4 is 17.9 Å². The van der Waals surface area contributed by atoms with Crippen LogP contribution in [0.1, 0.15) is 40.0 Å². The highest BCUT2D eigenvalue weighted by Gasteiger charge is 2.56. The molecular formula is C19H26O6. The monoisotopic (exact) mass is 350 g/mol. The van der Waals surface area contributed by atoms with Crippen molar-refractivity contribution in [3.05, 3.63) is 23.3 Å². The maximum atomic E-state index is 12.5. The van der Waals surface area contributed by atoms with Gasteiger partial charge < -0.3 is 14.2 Å². The summed E-state index contributed by atoms with van der Waals surface area (Å²) in [5.41, 5.74) is 0.456. The minimum atomic E-state index is -0.646. The first-order valence-corrected chi connectivity index (χ1v) is 8.50. The number of hydrogen-bond acceptors (Lipinski definition) is 6. The first-order valence-electron chi connectivity index (χ1n) is 8.50. The molecule has 0 aliphatic heterocycles. The second-order valence-electron chi connectivity index (χ2n) is 6.92. The first-order chi connectivity index (χ1) is 11.8. The Kier molecular flexibility index (Phi) is 5.70. The lowest BCUT2D eigenvalue weighted by Gasteiger charge is -2.45. The third-order valence-electron chi connectivity index (χ3n) is 5.59. The number of carbonyl (C=O) groups excluding carboxylic acids is 3. The first kappa shape index (κ1) is 19.2. The van der Waals surface area contributed by atoms with Gasteiger partial charge in [0, 0.05) is 16.6 Å². The number of esters is 3. The summed E-state index contributed by atoms with van der Waals surface area (Å²) >= 11 is 0. The number of ether oxygens (including phenoxy) is 3. The molecular weight excluding hydrogens is 324 g/mol. The predicted molar refractivity (Wildman–Crippen MR) is 90.4 cm³/mol. The molecule has 138 valence electrons. The fourth-order valence-corrected chi connectivity index (χ4v) is 4.01. The van der Waals surface area contributed by atoms with Crippen molar-refractivity contribution in [3.63, 3.8) is 0 Å². The van der Waals surface area contributed by atoms with Gasteiger partial charge in [0.1, 0.15) is 12.0 Å². The molecule has 0 N–H and O–H groups in total. The van der Waals surface area contributed by atoms with E-state index in [0.29, 0.717) is 24.0 Å². The lowest BCUT2D eigenvalue weighted by atomic mass is 9.61. The Labute approximate surface area is 148 Å². The molecule has 0 spiro atoms. The number of rotatable bonds is 4. The van der Waals surface area contributed by atoms with Crippen LogP contribution in [0.25, 0.3) is 0 Å². The van der Waals surface area contributed by atoms with Crippen LogP contribution in [-0.2, 0) is 28.6 Å². The molecule has 2 aliphatic rings. The summed E-state index contributed by atoms with van der Waals surface area (Å²) in [6, 6.07) is 0. The largest absolute Gasteiger partial charge is 0.469 e. The van der Waals surface area contributed by atoms with Crippen LogP contribution in [0.4, 0.5) is 0 Å². The fraction of sp³-hybridized carbons (Fsp3) is 0.632. The maximum absolute atomic E-state index is 12.5. The molecule has 6 heteroatoms. The highest BCUT2D eigenvalue weighted by atomic mass is 16.6. The van der Waals surface area contributed by atoms with Gasteiger partial charge in [0.2, 0.25) is 0 Å². The summed E-state index contributed by atoms with van der Waals surface area (Å²) in [4.78, 5) is 36.6. The van der Waals surface area contributed by atoms with E-state index in [1.807, 2.05) is 13.0 Å². The molecule has 0 heterocycles. The van der Waals surface area contributed by atoms with E-state index in [0.717, 1.165) is 6.42 Å². The van der Waals surface area contributed by atoms with E-state index in [2.05, 4.69) is 0 Å². The Morgan fingerprint density at radius 1 is 1.20 bits per heavy atom. The minimum Gasteiger partial charge on any atom is -0.469 e. The SMILES string of the molecule is C/C=C(/C)C(=O)O[C@H]1CC[C@@H]2CC(C(=O)OC)=C[C@]2(C)[C@H]1C(=O)OC. The van der Waals surface area contributed by atoms with E-state index in [1.54, 1.807) is 19.9 Å². The zero-order valence-electron chi connectivity index (χ0n) is 15.5. The smallest absolute Gasteiger partial charge is 0.333 e. The van der Waals surface area contributed by atoms with Crippen LogP contribution in [0.2, 0.25) is 0 Å². The van der Waals surface area contributed by atoms with E-state index in [-0.39, 0.29) is 11.9 Å². The normalized spacial score (nSPS) is 31.6. The van der Waals surface area contributed by atoms with E-state index in [9.17, 15) is 14.4 Å². The molecule has 0 aromatic rings. The van der Waals surface area contributed by atoms with Gasteiger partial charge in [-0.1, -0.05) is 19.1 Å². The van der Waals surface area contributed by atoms with E-state index >= 15 is 0 Å². The molecule has 2 rings (SSSR count). The Hall–Kier alpha value is -2.11.